The van der Waals surface area contributed by atoms with E-state index in [0.29, 0.717) is 0 Å². The highest BCUT2D eigenvalue weighted by Crippen LogP contribution is 1.73. The van der Waals surface area contributed by atoms with Crippen molar-refractivity contribution >= 4 is 6.20 Å². The van der Waals surface area contributed by atoms with Gasteiger partial charge in [-0.15, -0.1) is 0 Å². The van der Waals surface area contributed by atoms with E-state index in [1.54, 1.807) is 12.3 Å². The van der Waals surface area contributed by atoms with Crippen LogP contribution in [0.4, 0.5) is 0 Å². The van der Waals surface area contributed by atoms with Crippen LogP contribution in [0.5, 0.6) is 0 Å². The first-order valence-electron chi connectivity index (χ1n) is 2.92. The van der Waals surface area contributed by atoms with Gasteiger partial charge in [-0.1, -0.05) is 6.08 Å². The third kappa shape index (κ3) is 1.28. The van der Waals surface area contributed by atoms with Crippen molar-refractivity contribution in [2.45, 2.75) is 6.92 Å². The Morgan fingerprint density at radius 1 is 1.60 bits per heavy atom. The molecule has 0 aliphatic carbocycles. The summed E-state index contributed by atoms with van der Waals surface area (Å²) in [7, 11) is 0. The first-order chi connectivity index (χ1) is 4.84. The SMILES string of the molecule is C/C=C\n1nccnc1=N. The molecule has 0 aliphatic heterocycles. The van der Waals surface area contributed by atoms with E-state index in [4.69, 9.17) is 5.41 Å². The molecule has 1 heterocycles. The smallest absolute Gasteiger partial charge is 0.242 e. The molecular weight excluding hydrogens is 128 g/mol. The predicted octanol–water partition coefficient (Wildman–Crippen LogP) is 0.248. The molecule has 0 unspecified atom stereocenters. The lowest BCUT2D eigenvalue weighted by atomic mass is 10.7. The van der Waals surface area contributed by atoms with Gasteiger partial charge >= 0.3 is 0 Å². The summed E-state index contributed by atoms with van der Waals surface area (Å²) in [6, 6.07) is 0. The standard InChI is InChI=1S/C6H8N4/c1-2-5-10-6(7)8-3-4-9-10/h2-5,7H,1H3/b5-2-,7-6?. The lowest BCUT2D eigenvalue weighted by Crippen LogP contribution is -2.20. The van der Waals surface area contributed by atoms with E-state index in [2.05, 4.69) is 10.1 Å². The van der Waals surface area contributed by atoms with E-state index in [-0.39, 0.29) is 5.62 Å². The maximum atomic E-state index is 7.21. The van der Waals surface area contributed by atoms with Crippen molar-refractivity contribution in [2.75, 3.05) is 0 Å². The van der Waals surface area contributed by atoms with E-state index in [1.807, 2.05) is 6.92 Å². The fraction of sp³-hybridized carbons (Fsp3) is 0.167. The maximum absolute atomic E-state index is 7.21. The molecule has 0 saturated carbocycles. The number of nitrogens with zero attached hydrogens (tertiary/aromatic N) is 3. The van der Waals surface area contributed by atoms with Crippen LogP contribution in [0.3, 0.4) is 0 Å². The fourth-order valence-corrected chi connectivity index (χ4v) is 0.570. The lowest BCUT2D eigenvalue weighted by molar-refractivity contribution is 0.756. The van der Waals surface area contributed by atoms with Crippen molar-refractivity contribution in [3.05, 3.63) is 24.1 Å². The van der Waals surface area contributed by atoms with Crippen molar-refractivity contribution in [1.29, 1.82) is 5.41 Å². The Morgan fingerprint density at radius 3 is 3.00 bits per heavy atom. The Labute approximate surface area is 58.4 Å². The molecular formula is C6H8N4. The fourth-order valence-electron chi connectivity index (χ4n) is 0.570. The molecule has 0 bridgehead atoms. The third-order valence-electron chi connectivity index (χ3n) is 0.962. The van der Waals surface area contributed by atoms with Crippen LogP contribution in [0.1, 0.15) is 6.92 Å². The quantitative estimate of drug-likeness (QED) is 0.601. The minimum atomic E-state index is 0.139. The van der Waals surface area contributed by atoms with Crippen LogP contribution >= 0.6 is 0 Å². The van der Waals surface area contributed by atoms with Gasteiger partial charge in [0.15, 0.2) is 0 Å². The second kappa shape index (κ2) is 2.91. The second-order valence-electron chi connectivity index (χ2n) is 1.69. The zero-order valence-electron chi connectivity index (χ0n) is 5.65. The van der Waals surface area contributed by atoms with E-state index >= 15 is 0 Å². The van der Waals surface area contributed by atoms with Gasteiger partial charge < -0.3 is 0 Å². The molecule has 10 heavy (non-hydrogen) atoms. The molecule has 0 saturated heterocycles. The predicted molar refractivity (Wildman–Crippen MR) is 36.9 cm³/mol. The topological polar surface area (TPSA) is 54.6 Å². The average molecular weight is 136 g/mol. The highest BCUT2D eigenvalue weighted by atomic mass is 15.3. The summed E-state index contributed by atoms with van der Waals surface area (Å²) in [4.78, 5) is 3.71. The molecule has 52 valence electrons. The highest BCUT2D eigenvalue weighted by Gasteiger charge is 1.82. The van der Waals surface area contributed by atoms with Gasteiger partial charge in [0, 0.05) is 6.20 Å². The summed E-state index contributed by atoms with van der Waals surface area (Å²) in [6.45, 7) is 1.86. The Morgan fingerprint density at radius 2 is 2.40 bits per heavy atom. The first kappa shape index (κ1) is 6.67. The van der Waals surface area contributed by atoms with Gasteiger partial charge in [0.2, 0.25) is 5.62 Å². The number of hydrogen-bond acceptors (Lipinski definition) is 3. The van der Waals surface area contributed by atoms with Gasteiger partial charge in [0.25, 0.3) is 0 Å². The van der Waals surface area contributed by atoms with E-state index in [9.17, 15) is 0 Å². The van der Waals surface area contributed by atoms with Gasteiger partial charge in [0.05, 0.1) is 12.4 Å². The molecule has 0 amide bonds. The Kier molecular flexibility index (Phi) is 1.94. The monoisotopic (exact) mass is 136 g/mol. The van der Waals surface area contributed by atoms with E-state index in [0.717, 1.165) is 0 Å². The van der Waals surface area contributed by atoms with Gasteiger partial charge in [-0.05, 0) is 6.92 Å². The summed E-state index contributed by atoms with van der Waals surface area (Å²) in [5, 5.41) is 11.1. The highest BCUT2D eigenvalue weighted by molar-refractivity contribution is 5.15. The lowest BCUT2D eigenvalue weighted by Gasteiger charge is -1.92. The molecule has 1 aromatic rings. The van der Waals surface area contributed by atoms with E-state index < -0.39 is 0 Å². The van der Waals surface area contributed by atoms with Crippen LogP contribution in [-0.2, 0) is 0 Å². The zero-order valence-corrected chi connectivity index (χ0v) is 5.65. The Hall–Kier alpha value is -1.45. The van der Waals surface area contributed by atoms with Crippen LogP contribution in [0, 0.1) is 5.41 Å². The average Bonchev–Trinajstić information content (AvgIpc) is 1.94. The Balaban J connectivity index is 3.16. The van der Waals surface area contributed by atoms with Crippen molar-refractivity contribution in [2.24, 2.45) is 0 Å². The van der Waals surface area contributed by atoms with Crippen LogP contribution in [0.25, 0.3) is 6.20 Å². The van der Waals surface area contributed by atoms with Crippen LogP contribution in [0.2, 0.25) is 0 Å². The first-order valence-corrected chi connectivity index (χ1v) is 2.92. The van der Waals surface area contributed by atoms with Crippen LogP contribution in [0.15, 0.2) is 18.5 Å². The van der Waals surface area contributed by atoms with Crippen molar-refractivity contribution < 1.29 is 0 Å². The summed E-state index contributed by atoms with van der Waals surface area (Å²) in [5.41, 5.74) is 0.139. The van der Waals surface area contributed by atoms with Crippen molar-refractivity contribution in [3.8, 4) is 0 Å². The van der Waals surface area contributed by atoms with E-state index in [1.165, 1.54) is 17.1 Å². The molecule has 0 aliphatic rings. The summed E-state index contributed by atoms with van der Waals surface area (Å²) < 4.78 is 1.39. The second-order valence-corrected chi connectivity index (χ2v) is 1.69. The zero-order chi connectivity index (χ0) is 7.40. The molecule has 1 aromatic heterocycles. The molecule has 1 N–H and O–H groups in total. The molecule has 1 rings (SSSR count). The van der Waals surface area contributed by atoms with Gasteiger partial charge in [-0.3, -0.25) is 5.41 Å². The van der Waals surface area contributed by atoms with Crippen LogP contribution < -0.4 is 5.62 Å². The largest absolute Gasteiger partial charge is 0.265 e. The third-order valence-corrected chi connectivity index (χ3v) is 0.962. The number of hydrogen-bond donors (Lipinski definition) is 1. The molecule has 0 fully saturated rings. The number of aromatic nitrogens is 3. The molecule has 0 radical (unpaired) electrons. The van der Waals surface area contributed by atoms with Gasteiger partial charge in [0.1, 0.15) is 0 Å². The number of rotatable bonds is 1. The Bertz CT molecular complexity index is 286. The number of allylic oxidation sites excluding steroid dienone is 1. The maximum Gasteiger partial charge on any atom is 0.242 e. The van der Waals surface area contributed by atoms with Gasteiger partial charge in [-0.2, -0.15) is 5.10 Å². The molecule has 0 atom stereocenters. The minimum absolute atomic E-state index is 0.139. The molecule has 4 heteroatoms. The molecule has 0 aromatic carbocycles. The van der Waals surface area contributed by atoms with Gasteiger partial charge in [-0.25, -0.2) is 9.67 Å². The summed E-state index contributed by atoms with van der Waals surface area (Å²) in [5.74, 6) is 0. The molecule has 4 nitrogen and oxygen atoms in total. The summed E-state index contributed by atoms with van der Waals surface area (Å²) in [6.07, 6.45) is 6.50. The van der Waals surface area contributed by atoms with Crippen molar-refractivity contribution in [3.63, 3.8) is 0 Å². The minimum Gasteiger partial charge on any atom is -0.265 e. The number of nitrogens with one attached hydrogen (secondary N) is 1. The van der Waals surface area contributed by atoms with Crippen LogP contribution in [-0.4, -0.2) is 14.8 Å². The normalized spacial score (nSPS) is 10.5. The molecule has 0 spiro atoms. The summed E-state index contributed by atoms with van der Waals surface area (Å²) >= 11 is 0. The van der Waals surface area contributed by atoms with Crippen molar-refractivity contribution in [1.82, 2.24) is 14.8 Å².